The van der Waals surface area contributed by atoms with Crippen LogP contribution in [0.4, 0.5) is 4.39 Å². The molecule has 0 aliphatic heterocycles. The molecule has 0 aliphatic carbocycles. The van der Waals surface area contributed by atoms with E-state index >= 15 is 0 Å². The highest BCUT2D eigenvalue weighted by Crippen LogP contribution is 2.31. The smallest absolute Gasteiger partial charge is 0.341 e. The lowest BCUT2D eigenvalue weighted by atomic mass is 9.94. The third kappa shape index (κ3) is 5.08. The van der Waals surface area contributed by atoms with Gasteiger partial charge in [-0.15, -0.1) is 0 Å². The zero-order chi connectivity index (χ0) is 21.7. The predicted molar refractivity (Wildman–Crippen MR) is 112 cm³/mol. The number of hydrogen-bond acceptors (Lipinski definition) is 4. The van der Waals surface area contributed by atoms with Gasteiger partial charge in [0.15, 0.2) is 18.2 Å². The number of ether oxygens (including phenoxy) is 3. The molecule has 0 radical (unpaired) electrons. The first kappa shape index (κ1) is 21.2. The van der Waals surface area contributed by atoms with Crippen molar-refractivity contribution in [3.8, 4) is 28.4 Å². The van der Waals surface area contributed by atoms with E-state index in [1.54, 1.807) is 13.2 Å². The summed E-state index contributed by atoms with van der Waals surface area (Å²) in [7, 11) is 1.65. The summed E-state index contributed by atoms with van der Waals surface area (Å²) in [6.07, 6.45) is 0. The molecule has 0 spiro atoms. The van der Waals surface area contributed by atoms with Crippen LogP contribution in [0.5, 0.6) is 17.2 Å². The van der Waals surface area contributed by atoms with Crippen LogP contribution in [0.2, 0.25) is 0 Å². The number of halogens is 1. The van der Waals surface area contributed by atoms with Crippen molar-refractivity contribution in [1.29, 1.82) is 0 Å². The topological polar surface area (TPSA) is 65.0 Å². The fourth-order valence-corrected chi connectivity index (χ4v) is 3.31. The lowest BCUT2D eigenvalue weighted by Gasteiger charge is -2.14. The normalized spacial score (nSPS) is 10.5. The summed E-state index contributed by atoms with van der Waals surface area (Å²) in [5.74, 6) is -0.815. The van der Waals surface area contributed by atoms with E-state index in [0.29, 0.717) is 5.75 Å². The van der Waals surface area contributed by atoms with Gasteiger partial charge in [-0.3, -0.25) is 0 Å². The molecule has 5 nitrogen and oxygen atoms in total. The summed E-state index contributed by atoms with van der Waals surface area (Å²) < 4.78 is 30.0. The first-order valence-corrected chi connectivity index (χ1v) is 9.39. The van der Waals surface area contributed by atoms with Crippen LogP contribution in [0.3, 0.4) is 0 Å². The Bertz CT molecular complexity index is 1040. The Morgan fingerprint density at radius 3 is 2.33 bits per heavy atom. The Kier molecular flexibility index (Phi) is 6.57. The quantitative estimate of drug-likeness (QED) is 0.556. The minimum Gasteiger partial charge on any atom is -0.497 e. The van der Waals surface area contributed by atoms with Gasteiger partial charge in [0, 0.05) is 6.07 Å². The Morgan fingerprint density at radius 1 is 0.967 bits per heavy atom. The van der Waals surface area contributed by atoms with E-state index in [4.69, 9.17) is 19.3 Å². The molecule has 0 atom stereocenters. The van der Waals surface area contributed by atoms with E-state index in [1.165, 1.54) is 12.1 Å². The number of hydrogen-bond donors (Lipinski definition) is 1. The molecule has 3 aromatic carbocycles. The summed E-state index contributed by atoms with van der Waals surface area (Å²) in [4.78, 5) is 10.5. The Balaban J connectivity index is 1.74. The van der Waals surface area contributed by atoms with Crippen LogP contribution in [-0.4, -0.2) is 24.8 Å². The number of carboxylic acid groups (broad SMARTS) is 1. The number of benzene rings is 3. The van der Waals surface area contributed by atoms with Crippen molar-refractivity contribution in [3.05, 3.63) is 77.1 Å². The average molecular weight is 410 g/mol. The number of aryl methyl sites for hydroxylation is 2. The van der Waals surface area contributed by atoms with Crippen molar-refractivity contribution >= 4 is 5.97 Å². The van der Waals surface area contributed by atoms with Gasteiger partial charge in [-0.2, -0.15) is 0 Å². The van der Waals surface area contributed by atoms with Crippen molar-refractivity contribution in [2.24, 2.45) is 0 Å². The molecular weight excluding hydrogens is 387 g/mol. The number of methoxy groups -OCH3 is 1. The Hall–Kier alpha value is -3.54. The van der Waals surface area contributed by atoms with Crippen molar-refractivity contribution in [3.63, 3.8) is 0 Å². The zero-order valence-corrected chi connectivity index (χ0v) is 17.1. The van der Waals surface area contributed by atoms with Crippen LogP contribution in [0.25, 0.3) is 11.1 Å². The van der Waals surface area contributed by atoms with E-state index < -0.39 is 18.4 Å². The summed E-state index contributed by atoms with van der Waals surface area (Å²) in [6.45, 7) is 3.75. The molecule has 3 aromatic rings. The summed E-state index contributed by atoms with van der Waals surface area (Å²) in [5, 5.41) is 8.62. The van der Waals surface area contributed by atoms with Crippen LogP contribution in [0.15, 0.2) is 54.6 Å². The lowest BCUT2D eigenvalue weighted by molar-refractivity contribution is -0.139. The molecule has 0 aromatic heterocycles. The molecule has 0 aliphatic rings. The first-order valence-electron chi connectivity index (χ1n) is 9.39. The third-order valence-electron chi connectivity index (χ3n) is 4.62. The van der Waals surface area contributed by atoms with Gasteiger partial charge >= 0.3 is 5.97 Å². The molecular formula is C24H23FO5. The number of carbonyl (C=O) groups is 1. The predicted octanol–water partition coefficient (Wildman–Crippen LogP) is 5.16. The maximum atomic E-state index is 14.1. The summed E-state index contributed by atoms with van der Waals surface area (Å²) >= 11 is 0. The van der Waals surface area contributed by atoms with Crippen LogP contribution < -0.4 is 14.2 Å². The monoisotopic (exact) mass is 410 g/mol. The molecule has 0 amide bonds. The van der Waals surface area contributed by atoms with Gasteiger partial charge in [-0.1, -0.05) is 18.2 Å². The maximum absolute atomic E-state index is 14.1. The van der Waals surface area contributed by atoms with Gasteiger partial charge in [-0.25, -0.2) is 9.18 Å². The van der Waals surface area contributed by atoms with Gasteiger partial charge < -0.3 is 19.3 Å². The standard InChI is InChI=1S/C24H23FO5/c1-15-9-20(28-3)10-16(2)24(15)18-6-4-5-17(11-18)13-29-19-7-8-22(21(25)12-19)30-14-23(26)27/h4-12H,13-14H2,1-3H3,(H,26,27). The highest BCUT2D eigenvalue weighted by atomic mass is 19.1. The first-order chi connectivity index (χ1) is 14.4. The second-order valence-electron chi connectivity index (χ2n) is 6.90. The minimum absolute atomic E-state index is 0.128. The second kappa shape index (κ2) is 9.31. The number of carboxylic acids is 1. The van der Waals surface area contributed by atoms with Crippen molar-refractivity contribution in [2.75, 3.05) is 13.7 Å². The summed E-state index contributed by atoms with van der Waals surface area (Å²) in [5.41, 5.74) is 5.38. The van der Waals surface area contributed by atoms with Crippen molar-refractivity contribution in [1.82, 2.24) is 0 Å². The highest BCUT2D eigenvalue weighted by molar-refractivity contribution is 5.72. The molecule has 0 heterocycles. The van der Waals surface area contributed by atoms with Gasteiger partial charge in [0.1, 0.15) is 18.1 Å². The molecule has 0 saturated carbocycles. The Morgan fingerprint density at radius 2 is 1.70 bits per heavy atom. The average Bonchev–Trinajstić information content (AvgIpc) is 2.71. The molecule has 0 unspecified atom stereocenters. The molecule has 30 heavy (non-hydrogen) atoms. The van der Waals surface area contributed by atoms with Gasteiger partial charge in [0.2, 0.25) is 0 Å². The van der Waals surface area contributed by atoms with Crippen molar-refractivity contribution < 1.29 is 28.5 Å². The summed E-state index contributed by atoms with van der Waals surface area (Å²) in [6, 6.07) is 16.1. The van der Waals surface area contributed by atoms with Gasteiger partial charge in [0.05, 0.1) is 7.11 Å². The SMILES string of the molecule is COc1cc(C)c(-c2cccc(COc3ccc(OCC(=O)O)c(F)c3)c2)c(C)c1. The number of rotatable bonds is 8. The highest BCUT2D eigenvalue weighted by Gasteiger charge is 2.10. The van der Waals surface area contributed by atoms with Crippen LogP contribution >= 0.6 is 0 Å². The van der Waals surface area contributed by atoms with E-state index in [-0.39, 0.29) is 12.4 Å². The van der Waals surface area contributed by atoms with E-state index in [0.717, 1.165) is 33.6 Å². The second-order valence-corrected chi connectivity index (χ2v) is 6.90. The van der Waals surface area contributed by atoms with Crippen LogP contribution in [-0.2, 0) is 11.4 Å². The number of aliphatic carboxylic acids is 1. The fourth-order valence-electron chi connectivity index (χ4n) is 3.31. The Labute approximate surface area is 174 Å². The molecule has 0 saturated heterocycles. The zero-order valence-electron chi connectivity index (χ0n) is 17.1. The fraction of sp³-hybridized carbons (Fsp3) is 0.208. The van der Waals surface area contributed by atoms with E-state index in [1.807, 2.05) is 50.2 Å². The molecule has 0 bridgehead atoms. The van der Waals surface area contributed by atoms with Gasteiger partial charge in [0.25, 0.3) is 0 Å². The molecule has 156 valence electrons. The maximum Gasteiger partial charge on any atom is 0.341 e. The third-order valence-corrected chi connectivity index (χ3v) is 4.62. The van der Waals surface area contributed by atoms with Crippen LogP contribution in [0.1, 0.15) is 16.7 Å². The van der Waals surface area contributed by atoms with Gasteiger partial charge in [-0.05, 0) is 72.0 Å². The largest absolute Gasteiger partial charge is 0.497 e. The minimum atomic E-state index is -1.17. The molecule has 1 N–H and O–H groups in total. The van der Waals surface area contributed by atoms with Crippen LogP contribution in [0, 0.1) is 19.7 Å². The van der Waals surface area contributed by atoms with Crippen molar-refractivity contribution in [2.45, 2.75) is 20.5 Å². The molecule has 6 heteroatoms. The molecule has 0 fully saturated rings. The van der Waals surface area contributed by atoms with E-state index in [9.17, 15) is 9.18 Å². The van der Waals surface area contributed by atoms with E-state index in [2.05, 4.69) is 0 Å². The lowest BCUT2D eigenvalue weighted by Crippen LogP contribution is -2.10. The molecule has 3 rings (SSSR count).